The third-order valence-electron chi connectivity index (χ3n) is 2.10. The van der Waals surface area contributed by atoms with Gasteiger partial charge >= 0.3 is 5.97 Å². The second kappa shape index (κ2) is 4.81. The van der Waals surface area contributed by atoms with Crippen LogP contribution in [0, 0.1) is 18.3 Å². The molecule has 0 radical (unpaired) electrons. The number of anilines is 1. The van der Waals surface area contributed by atoms with Crippen molar-refractivity contribution < 1.29 is 9.90 Å². The van der Waals surface area contributed by atoms with Gasteiger partial charge < -0.3 is 10.0 Å². The van der Waals surface area contributed by atoms with E-state index in [1.54, 1.807) is 14.0 Å². The Morgan fingerprint density at radius 2 is 2.38 bits per heavy atom. The van der Waals surface area contributed by atoms with Gasteiger partial charge in [0.25, 0.3) is 0 Å². The molecular weight excluding hydrogens is 230 g/mol. The zero-order valence-corrected chi connectivity index (χ0v) is 9.62. The summed E-state index contributed by atoms with van der Waals surface area (Å²) >= 11 is 5.83. The van der Waals surface area contributed by atoms with E-state index in [0.717, 1.165) is 0 Å². The average Bonchev–Trinajstić information content (AvgIpc) is 2.20. The summed E-state index contributed by atoms with van der Waals surface area (Å²) in [6.45, 7) is 1.48. The summed E-state index contributed by atoms with van der Waals surface area (Å²) in [7, 11) is 1.56. The van der Waals surface area contributed by atoms with Crippen LogP contribution in [-0.2, 0) is 4.79 Å². The molecule has 0 aromatic carbocycles. The van der Waals surface area contributed by atoms with E-state index in [1.165, 1.54) is 11.1 Å². The summed E-state index contributed by atoms with van der Waals surface area (Å²) in [5.74, 6) is -0.660. The molecule has 0 aliphatic rings. The van der Waals surface area contributed by atoms with Gasteiger partial charge in [0.1, 0.15) is 18.4 Å². The smallest absolute Gasteiger partial charge is 0.323 e. The van der Waals surface area contributed by atoms with Crippen molar-refractivity contribution in [1.29, 1.82) is 5.26 Å². The Bertz CT molecular complexity index is 468. The number of aromatic nitrogens is 1. The van der Waals surface area contributed by atoms with Crippen molar-refractivity contribution in [2.75, 3.05) is 18.5 Å². The van der Waals surface area contributed by atoms with Crippen molar-refractivity contribution in [2.45, 2.75) is 6.92 Å². The fourth-order valence-corrected chi connectivity index (χ4v) is 1.41. The molecule has 1 heterocycles. The Labute approximate surface area is 97.9 Å². The molecule has 1 rings (SSSR count). The maximum Gasteiger partial charge on any atom is 0.323 e. The number of rotatable bonds is 3. The normalized spacial score (nSPS) is 9.62. The number of carbonyl (C=O) groups is 1. The topological polar surface area (TPSA) is 77.2 Å². The molecule has 0 atom stereocenters. The van der Waals surface area contributed by atoms with Crippen LogP contribution in [0.4, 0.5) is 5.82 Å². The minimum Gasteiger partial charge on any atom is -0.480 e. The predicted molar refractivity (Wildman–Crippen MR) is 59.6 cm³/mol. The molecule has 1 aromatic rings. The summed E-state index contributed by atoms with van der Waals surface area (Å²) in [5, 5.41) is 18.0. The van der Waals surface area contributed by atoms with E-state index < -0.39 is 5.97 Å². The standard InChI is InChI=1S/C10H10ClN3O2/c1-6-7(3-12)10(13-4-8(6)11)14(2)5-9(15)16/h4H,5H2,1-2H3,(H,15,16). The fourth-order valence-electron chi connectivity index (χ4n) is 1.27. The highest BCUT2D eigenvalue weighted by atomic mass is 35.5. The van der Waals surface area contributed by atoms with Crippen LogP contribution in [0.5, 0.6) is 0 Å². The van der Waals surface area contributed by atoms with E-state index >= 15 is 0 Å². The summed E-state index contributed by atoms with van der Waals surface area (Å²) < 4.78 is 0. The third-order valence-corrected chi connectivity index (χ3v) is 2.48. The summed E-state index contributed by atoms with van der Waals surface area (Å²) in [4.78, 5) is 15.9. The van der Waals surface area contributed by atoms with Gasteiger partial charge in [0, 0.05) is 13.2 Å². The van der Waals surface area contributed by atoms with Gasteiger partial charge in [-0.25, -0.2) is 4.98 Å². The van der Waals surface area contributed by atoms with E-state index in [1.807, 2.05) is 6.07 Å². The number of nitrogens with zero attached hydrogens (tertiary/aromatic N) is 3. The van der Waals surface area contributed by atoms with Crippen LogP contribution < -0.4 is 4.90 Å². The van der Waals surface area contributed by atoms with Crippen LogP contribution >= 0.6 is 11.6 Å². The molecule has 16 heavy (non-hydrogen) atoms. The van der Waals surface area contributed by atoms with Crippen LogP contribution in [-0.4, -0.2) is 29.7 Å². The van der Waals surface area contributed by atoms with E-state index in [-0.39, 0.29) is 6.54 Å². The first-order chi connectivity index (χ1) is 7.47. The number of nitriles is 1. The minimum absolute atomic E-state index is 0.219. The Morgan fingerprint density at radius 3 is 2.88 bits per heavy atom. The molecule has 0 amide bonds. The van der Waals surface area contributed by atoms with Gasteiger partial charge in [-0.1, -0.05) is 11.6 Å². The van der Waals surface area contributed by atoms with E-state index in [0.29, 0.717) is 22.0 Å². The Morgan fingerprint density at radius 1 is 1.75 bits per heavy atom. The molecule has 1 N–H and O–H groups in total. The maximum atomic E-state index is 10.6. The van der Waals surface area contributed by atoms with Gasteiger partial charge in [0.05, 0.1) is 10.6 Å². The molecule has 0 bridgehead atoms. The fraction of sp³-hybridized carbons (Fsp3) is 0.300. The van der Waals surface area contributed by atoms with Gasteiger partial charge in [-0.05, 0) is 12.5 Å². The van der Waals surface area contributed by atoms with Gasteiger partial charge in [-0.3, -0.25) is 4.79 Å². The van der Waals surface area contributed by atoms with Crippen molar-refractivity contribution >= 4 is 23.4 Å². The van der Waals surface area contributed by atoms with Gasteiger partial charge in [0.2, 0.25) is 0 Å². The number of carboxylic acids is 1. The lowest BCUT2D eigenvalue weighted by molar-refractivity contribution is -0.135. The lowest BCUT2D eigenvalue weighted by atomic mass is 10.1. The highest BCUT2D eigenvalue weighted by Crippen LogP contribution is 2.24. The van der Waals surface area contributed by atoms with E-state index in [2.05, 4.69) is 4.98 Å². The monoisotopic (exact) mass is 239 g/mol. The molecule has 0 spiro atoms. The van der Waals surface area contributed by atoms with Crippen molar-refractivity contribution in [3.05, 3.63) is 22.3 Å². The first-order valence-electron chi connectivity index (χ1n) is 4.45. The van der Waals surface area contributed by atoms with Crippen molar-refractivity contribution in [3.63, 3.8) is 0 Å². The molecule has 0 saturated heterocycles. The summed E-state index contributed by atoms with van der Waals surface area (Å²) in [6, 6.07) is 1.98. The number of carboxylic acid groups (broad SMARTS) is 1. The minimum atomic E-state index is -0.985. The second-order valence-electron chi connectivity index (χ2n) is 3.29. The van der Waals surface area contributed by atoms with Crippen molar-refractivity contribution in [2.24, 2.45) is 0 Å². The lowest BCUT2D eigenvalue weighted by Crippen LogP contribution is -2.27. The molecular formula is C10H10ClN3O2. The summed E-state index contributed by atoms with van der Waals surface area (Å²) in [6.07, 6.45) is 1.41. The van der Waals surface area contributed by atoms with Crippen LogP contribution in [0.15, 0.2) is 6.20 Å². The van der Waals surface area contributed by atoms with E-state index in [4.69, 9.17) is 22.0 Å². The number of pyridine rings is 1. The second-order valence-corrected chi connectivity index (χ2v) is 3.70. The number of hydrogen-bond acceptors (Lipinski definition) is 4. The highest BCUT2D eigenvalue weighted by molar-refractivity contribution is 6.31. The van der Waals surface area contributed by atoms with Gasteiger partial charge in [-0.2, -0.15) is 5.26 Å². The molecule has 0 unspecified atom stereocenters. The van der Waals surface area contributed by atoms with Crippen LogP contribution in [0.3, 0.4) is 0 Å². The molecule has 0 aliphatic carbocycles. The SMILES string of the molecule is Cc1c(Cl)cnc(N(C)CC(=O)O)c1C#N. The lowest BCUT2D eigenvalue weighted by Gasteiger charge is -2.17. The zero-order valence-electron chi connectivity index (χ0n) is 8.86. The molecule has 6 heteroatoms. The first-order valence-corrected chi connectivity index (χ1v) is 4.83. The summed E-state index contributed by atoms with van der Waals surface area (Å²) in [5.41, 5.74) is 0.905. The Hall–Kier alpha value is -1.80. The average molecular weight is 240 g/mol. The largest absolute Gasteiger partial charge is 0.480 e. The van der Waals surface area contributed by atoms with Crippen LogP contribution in [0.25, 0.3) is 0 Å². The molecule has 0 fully saturated rings. The number of halogens is 1. The number of aliphatic carboxylic acids is 1. The predicted octanol–water partition coefficient (Wildman–Crippen LogP) is 1.44. The number of likely N-dealkylation sites (N-methyl/N-ethyl adjacent to an activating group) is 1. The Balaban J connectivity index is 3.20. The van der Waals surface area contributed by atoms with Gasteiger partial charge in [-0.15, -0.1) is 0 Å². The quantitative estimate of drug-likeness (QED) is 0.864. The van der Waals surface area contributed by atoms with Crippen molar-refractivity contribution in [3.8, 4) is 6.07 Å². The van der Waals surface area contributed by atoms with E-state index in [9.17, 15) is 4.79 Å². The Kier molecular flexibility index (Phi) is 3.69. The number of hydrogen-bond donors (Lipinski definition) is 1. The third kappa shape index (κ3) is 2.41. The molecule has 0 aliphatic heterocycles. The molecule has 84 valence electrons. The molecule has 5 nitrogen and oxygen atoms in total. The molecule has 0 saturated carbocycles. The maximum absolute atomic E-state index is 10.6. The molecule has 1 aromatic heterocycles. The first kappa shape index (κ1) is 12.3. The van der Waals surface area contributed by atoms with Crippen molar-refractivity contribution in [1.82, 2.24) is 4.98 Å². The highest BCUT2D eigenvalue weighted by Gasteiger charge is 2.15. The van der Waals surface area contributed by atoms with Crippen LogP contribution in [0.1, 0.15) is 11.1 Å². The van der Waals surface area contributed by atoms with Crippen LogP contribution in [0.2, 0.25) is 5.02 Å². The zero-order chi connectivity index (χ0) is 12.3. The van der Waals surface area contributed by atoms with Gasteiger partial charge in [0.15, 0.2) is 0 Å².